The zero-order valence-corrected chi connectivity index (χ0v) is 9.92. The van der Waals surface area contributed by atoms with Gasteiger partial charge in [-0.1, -0.05) is 6.58 Å². The third-order valence-corrected chi connectivity index (χ3v) is 2.06. The van der Waals surface area contributed by atoms with Crippen molar-refractivity contribution in [2.75, 3.05) is 27.2 Å². The molecule has 0 fully saturated rings. The van der Waals surface area contributed by atoms with Crippen LogP contribution in [-0.4, -0.2) is 43.8 Å². The maximum Gasteiger partial charge on any atom is 0.243 e. The Morgan fingerprint density at radius 3 is 2.67 bits per heavy atom. The Hall–Kier alpha value is -1.32. The maximum atomic E-state index is 10.8. The molecule has 0 saturated carbocycles. The molecule has 0 rings (SSSR count). The Morgan fingerprint density at radius 1 is 1.47 bits per heavy atom. The normalized spacial score (nSPS) is 11.0. The second-order valence-corrected chi connectivity index (χ2v) is 3.53. The number of carbonyl (C=O) groups is 1. The van der Waals surface area contributed by atoms with Crippen LogP contribution in [-0.2, 0) is 4.79 Å². The van der Waals surface area contributed by atoms with E-state index in [9.17, 15) is 4.79 Å². The lowest BCUT2D eigenvalue weighted by molar-refractivity contribution is -0.116. The highest BCUT2D eigenvalue weighted by Crippen LogP contribution is 1.90. The van der Waals surface area contributed by atoms with Gasteiger partial charge in [-0.25, -0.2) is 0 Å². The Bertz CT molecular complexity index is 234. The zero-order valence-electron chi connectivity index (χ0n) is 9.92. The van der Waals surface area contributed by atoms with E-state index in [2.05, 4.69) is 16.9 Å². The number of amidine groups is 1. The van der Waals surface area contributed by atoms with Crippen molar-refractivity contribution in [1.82, 2.24) is 10.2 Å². The van der Waals surface area contributed by atoms with Crippen molar-refractivity contribution in [1.29, 1.82) is 0 Å². The second-order valence-electron chi connectivity index (χ2n) is 3.53. The van der Waals surface area contributed by atoms with E-state index in [0.717, 1.165) is 25.2 Å². The number of hydrogen-bond donors (Lipinski definition) is 1. The van der Waals surface area contributed by atoms with Crippen molar-refractivity contribution in [2.45, 2.75) is 19.8 Å². The fourth-order valence-electron chi connectivity index (χ4n) is 0.903. The molecular weight excluding hydrogens is 190 g/mol. The first kappa shape index (κ1) is 13.7. The molecule has 0 atom stereocenters. The van der Waals surface area contributed by atoms with Gasteiger partial charge in [0, 0.05) is 27.2 Å². The summed E-state index contributed by atoms with van der Waals surface area (Å²) >= 11 is 0. The van der Waals surface area contributed by atoms with E-state index >= 15 is 0 Å². The van der Waals surface area contributed by atoms with Gasteiger partial charge in [0.1, 0.15) is 0 Å². The molecule has 0 spiro atoms. The molecule has 1 N–H and O–H groups in total. The first-order chi connectivity index (χ1) is 7.07. The van der Waals surface area contributed by atoms with Gasteiger partial charge in [0.05, 0.1) is 5.84 Å². The molecule has 0 aromatic heterocycles. The fraction of sp³-hybridized carbons (Fsp3) is 0.636. The molecule has 0 aromatic carbocycles. The predicted molar refractivity (Wildman–Crippen MR) is 64.1 cm³/mol. The van der Waals surface area contributed by atoms with Gasteiger partial charge in [-0.3, -0.25) is 9.79 Å². The van der Waals surface area contributed by atoms with Crippen molar-refractivity contribution in [2.24, 2.45) is 4.99 Å². The predicted octanol–water partition coefficient (Wildman–Crippen LogP) is 1.05. The van der Waals surface area contributed by atoms with E-state index in [1.165, 1.54) is 6.08 Å². The van der Waals surface area contributed by atoms with E-state index in [1.807, 2.05) is 25.9 Å². The third-order valence-electron chi connectivity index (χ3n) is 2.06. The lowest BCUT2D eigenvalue weighted by atomic mass is 10.3. The van der Waals surface area contributed by atoms with Gasteiger partial charge in [-0.05, 0) is 25.8 Å². The average Bonchev–Trinajstić information content (AvgIpc) is 2.22. The number of hydrogen-bond acceptors (Lipinski definition) is 2. The van der Waals surface area contributed by atoms with Crippen molar-refractivity contribution in [3.05, 3.63) is 12.7 Å². The monoisotopic (exact) mass is 211 g/mol. The minimum atomic E-state index is -0.108. The molecule has 0 radical (unpaired) electrons. The van der Waals surface area contributed by atoms with Gasteiger partial charge in [-0.2, -0.15) is 0 Å². The number of nitrogens with zero attached hydrogens (tertiary/aromatic N) is 2. The fourth-order valence-corrected chi connectivity index (χ4v) is 0.903. The Morgan fingerprint density at radius 2 is 2.13 bits per heavy atom. The summed E-state index contributed by atoms with van der Waals surface area (Å²) in [7, 11) is 3.95. The summed E-state index contributed by atoms with van der Waals surface area (Å²) in [5, 5.41) is 2.73. The van der Waals surface area contributed by atoms with Gasteiger partial charge < -0.3 is 10.2 Å². The molecule has 0 aliphatic carbocycles. The van der Waals surface area contributed by atoms with Gasteiger partial charge in [-0.15, -0.1) is 0 Å². The lowest BCUT2D eigenvalue weighted by Crippen LogP contribution is -2.22. The number of nitrogens with one attached hydrogen (secondary N) is 1. The Kier molecular flexibility index (Phi) is 7.32. The summed E-state index contributed by atoms with van der Waals surface area (Å²) in [6.45, 7) is 6.87. The third kappa shape index (κ3) is 7.73. The summed E-state index contributed by atoms with van der Waals surface area (Å²) < 4.78 is 0. The summed E-state index contributed by atoms with van der Waals surface area (Å²) in [5.74, 6) is 0.924. The topological polar surface area (TPSA) is 44.7 Å². The van der Waals surface area contributed by atoms with Crippen LogP contribution < -0.4 is 5.32 Å². The van der Waals surface area contributed by atoms with E-state index < -0.39 is 0 Å². The standard InChI is InChI=1S/C11H21N3O/c1-5-11(15)13-9-7-6-8-12-10(2)14(3)4/h5H,1,6-9H2,2-4H3,(H,13,15). The number of carbonyl (C=O) groups excluding carboxylic acids is 1. The minimum absolute atomic E-state index is 0.108. The molecule has 86 valence electrons. The summed E-state index contributed by atoms with van der Waals surface area (Å²) in [6.07, 6.45) is 3.22. The number of unbranched alkanes of at least 4 members (excludes halogenated alkanes) is 1. The molecular formula is C11H21N3O. The average molecular weight is 211 g/mol. The van der Waals surface area contributed by atoms with Crippen LogP contribution in [0.25, 0.3) is 0 Å². The van der Waals surface area contributed by atoms with Crippen LogP contribution in [0.3, 0.4) is 0 Å². The molecule has 1 amide bonds. The highest BCUT2D eigenvalue weighted by Gasteiger charge is 1.94. The molecule has 0 saturated heterocycles. The highest BCUT2D eigenvalue weighted by atomic mass is 16.1. The molecule has 15 heavy (non-hydrogen) atoms. The van der Waals surface area contributed by atoms with Crippen molar-refractivity contribution >= 4 is 11.7 Å². The molecule has 0 bridgehead atoms. The zero-order chi connectivity index (χ0) is 11.7. The van der Waals surface area contributed by atoms with E-state index in [1.54, 1.807) is 0 Å². The van der Waals surface area contributed by atoms with Gasteiger partial charge in [0.15, 0.2) is 0 Å². The SMILES string of the molecule is C=CC(=O)NCCCCN=C(C)N(C)C. The van der Waals surface area contributed by atoms with Gasteiger partial charge in [0.25, 0.3) is 0 Å². The molecule has 0 unspecified atom stereocenters. The second kappa shape index (κ2) is 8.03. The highest BCUT2D eigenvalue weighted by molar-refractivity contribution is 5.86. The van der Waals surface area contributed by atoms with Crippen LogP contribution in [0.2, 0.25) is 0 Å². The number of amides is 1. The van der Waals surface area contributed by atoms with Crippen molar-refractivity contribution < 1.29 is 4.79 Å². The molecule has 4 heteroatoms. The van der Waals surface area contributed by atoms with E-state index in [0.29, 0.717) is 6.54 Å². The first-order valence-corrected chi connectivity index (χ1v) is 5.16. The van der Waals surface area contributed by atoms with Gasteiger partial charge >= 0.3 is 0 Å². The molecule has 4 nitrogen and oxygen atoms in total. The van der Waals surface area contributed by atoms with Crippen LogP contribution in [0, 0.1) is 0 Å². The van der Waals surface area contributed by atoms with Crippen LogP contribution >= 0.6 is 0 Å². The minimum Gasteiger partial charge on any atom is -0.367 e. The largest absolute Gasteiger partial charge is 0.367 e. The number of aliphatic imine (C=N–C) groups is 1. The smallest absolute Gasteiger partial charge is 0.243 e. The van der Waals surface area contributed by atoms with Crippen molar-refractivity contribution in [3.63, 3.8) is 0 Å². The van der Waals surface area contributed by atoms with Crippen LogP contribution in [0.5, 0.6) is 0 Å². The van der Waals surface area contributed by atoms with E-state index in [4.69, 9.17) is 0 Å². The van der Waals surface area contributed by atoms with Crippen molar-refractivity contribution in [3.8, 4) is 0 Å². The number of rotatable bonds is 6. The van der Waals surface area contributed by atoms with Crippen LogP contribution in [0.15, 0.2) is 17.6 Å². The summed E-state index contributed by atoms with van der Waals surface area (Å²) in [6, 6.07) is 0. The summed E-state index contributed by atoms with van der Waals surface area (Å²) in [5.41, 5.74) is 0. The molecule has 0 heterocycles. The molecule has 0 aliphatic rings. The first-order valence-electron chi connectivity index (χ1n) is 5.16. The molecule has 0 aliphatic heterocycles. The Labute approximate surface area is 92.1 Å². The van der Waals surface area contributed by atoms with Crippen LogP contribution in [0.4, 0.5) is 0 Å². The quantitative estimate of drug-likeness (QED) is 0.309. The van der Waals surface area contributed by atoms with Crippen LogP contribution in [0.1, 0.15) is 19.8 Å². The maximum absolute atomic E-state index is 10.8. The molecule has 0 aromatic rings. The Balaban J connectivity index is 3.43. The van der Waals surface area contributed by atoms with E-state index in [-0.39, 0.29) is 5.91 Å². The lowest BCUT2D eigenvalue weighted by Gasteiger charge is -2.10. The summed E-state index contributed by atoms with van der Waals surface area (Å²) in [4.78, 5) is 17.1. The van der Waals surface area contributed by atoms with Gasteiger partial charge in [0.2, 0.25) is 5.91 Å².